The third-order valence-electron chi connectivity index (χ3n) is 5.23. The first-order valence-corrected chi connectivity index (χ1v) is 5.66. The molecule has 4 saturated carbocycles. The molecule has 0 aromatic rings. The van der Waals surface area contributed by atoms with E-state index in [-0.39, 0.29) is 12.4 Å². The molecule has 6 atom stereocenters. The lowest BCUT2D eigenvalue weighted by Gasteiger charge is -2.44. The van der Waals surface area contributed by atoms with Gasteiger partial charge in [-0.05, 0) is 67.9 Å². The molecule has 6 unspecified atom stereocenters. The summed E-state index contributed by atoms with van der Waals surface area (Å²) in [4.78, 5) is 0. The van der Waals surface area contributed by atoms with Gasteiger partial charge in [-0.1, -0.05) is 0 Å². The first-order valence-electron chi connectivity index (χ1n) is 5.66. The molecule has 0 aromatic carbocycles. The predicted molar refractivity (Wildman–Crippen MR) is 54.9 cm³/mol. The van der Waals surface area contributed by atoms with Crippen molar-refractivity contribution >= 4 is 12.4 Å². The summed E-state index contributed by atoms with van der Waals surface area (Å²) in [7, 11) is 0. The van der Waals surface area contributed by atoms with Crippen LogP contribution in [0, 0.1) is 35.5 Å². The average molecular weight is 200 g/mol. The zero-order valence-corrected chi connectivity index (χ0v) is 8.72. The first-order chi connectivity index (χ1) is 5.95. The van der Waals surface area contributed by atoms with Gasteiger partial charge in [-0.3, -0.25) is 0 Å². The molecule has 1 heterocycles. The Bertz CT molecular complexity index is 204. The summed E-state index contributed by atoms with van der Waals surface area (Å²) in [6.07, 6.45) is 4.77. The van der Waals surface area contributed by atoms with Crippen LogP contribution in [0.5, 0.6) is 0 Å². The minimum Gasteiger partial charge on any atom is -0.316 e. The van der Waals surface area contributed by atoms with Crippen molar-refractivity contribution < 1.29 is 0 Å². The van der Waals surface area contributed by atoms with Crippen molar-refractivity contribution in [3.05, 3.63) is 0 Å². The smallest absolute Gasteiger partial charge is 0.00144 e. The molecule has 0 aromatic heterocycles. The number of hydrogen-bond acceptors (Lipinski definition) is 1. The van der Waals surface area contributed by atoms with Crippen LogP contribution in [-0.4, -0.2) is 13.1 Å². The Balaban J connectivity index is 0.000000562. The Hall–Kier alpha value is 0.250. The van der Waals surface area contributed by atoms with Crippen molar-refractivity contribution in [2.75, 3.05) is 13.1 Å². The Kier molecular flexibility index (Phi) is 1.73. The van der Waals surface area contributed by atoms with Gasteiger partial charge in [-0.2, -0.15) is 0 Å². The maximum absolute atomic E-state index is 3.61. The van der Waals surface area contributed by atoms with Gasteiger partial charge in [-0.25, -0.2) is 0 Å². The quantitative estimate of drug-likeness (QED) is 0.629. The summed E-state index contributed by atoms with van der Waals surface area (Å²) in [5, 5.41) is 3.61. The highest BCUT2D eigenvalue weighted by Gasteiger charge is 2.61. The zero-order chi connectivity index (χ0) is 7.71. The average Bonchev–Trinajstić information content (AvgIpc) is 2.77. The largest absolute Gasteiger partial charge is 0.316 e. The highest BCUT2D eigenvalue weighted by Crippen LogP contribution is 2.66. The van der Waals surface area contributed by atoms with E-state index >= 15 is 0 Å². The lowest BCUT2D eigenvalue weighted by molar-refractivity contribution is 0.0464. The van der Waals surface area contributed by atoms with Crippen molar-refractivity contribution in [1.29, 1.82) is 0 Å². The first kappa shape index (κ1) is 8.55. The van der Waals surface area contributed by atoms with E-state index in [0.717, 1.165) is 23.7 Å². The molecule has 1 nitrogen and oxygen atoms in total. The summed E-state index contributed by atoms with van der Waals surface area (Å²) >= 11 is 0. The molecule has 5 fully saturated rings. The fraction of sp³-hybridized carbons (Fsp3) is 1.00. The monoisotopic (exact) mass is 199 g/mol. The highest BCUT2D eigenvalue weighted by molar-refractivity contribution is 5.85. The van der Waals surface area contributed by atoms with Crippen LogP contribution in [-0.2, 0) is 0 Å². The molecule has 0 spiro atoms. The predicted octanol–water partition coefficient (Wildman–Crippen LogP) is 1.92. The molecule has 74 valence electrons. The van der Waals surface area contributed by atoms with E-state index in [0.29, 0.717) is 0 Å². The molecule has 1 N–H and O–H groups in total. The van der Waals surface area contributed by atoms with Crippen LogP contribution in [0.15, 0.2) is 0 Å². The standard InChI is InChI=1S/C11H17N.ClH/c1-2-7-9-3-8(9)6(1)10-4-12-5-11(7)10;/h6-12H,1-5H2;1H. The second kappa shape index (κ2) is 2.64. The molecule has 13 heavy (non-hydrogen) atoms. The van der Waals surface area contributed by atoms with Crippen molar-refractivity contribution in [1.82, 2.24) is 5.32 Å². The molecule has 5 aliphatic rings. The summed E-state index contributed by atoms with van der Waals surface area (Å²) in [6.45, 7) is 2.71. The van der Waals surface area contributed by atoms with Gasteiger partial charge in [0.2, 0.25) is 0 Å². The molecule has 0 amide bonds. The van der Waals surface area contributed by atoms with Gasteiger partial charge in [0.1, 0.15) is 0 Å². The molecule has 1 aliphatic heterocycles. The van der Waals surface area contributed by atoms with Gasteiger partial charge in [0.05, 0.1) is 0 Å². The Morgan fingerprint density at radius 1 is 0.692 bits per heavy atom. The van der Waals surface area contributed by atoms with Crippen LogP contribution in [0.2, 0.25) is 0 Å². The van der Waals surface area contributed by atoms with Gasteiger partial charge >= 0.3 is 0 Å². The van der Waals surface area contributed by atoms with E-state index in [9.17, 15) is 0 Å². The van der Waals surface area contributed by atoms with Gasteiger partial charge in [0.25, 0.3) is 0 Å². The van der Waals surface area contributed by atoms with Crippen molar-refractivity contribution in [2.24, 2.45) is 35.5 Å². The van der Waals surface area contributed by atoms with Crippen LogP contribution in [0.3, 0.4) is 0 Å². The molecular weight excluding hydrogens is 182 g/mol. The van der Waals surface area contributed by atoms with Gasteiger partial charge < -0.3 is 5.32 Å². The summed E-state index contributed by atoms with van der Waals surface area (Å²) < 4.78 is 0. The third kappa shape index (κ3) is 0.928. The van der Waals surface area contributed by atoms with Crippen LogP contribution < -0.4 is 5.32 Å². The normalized spacial score (nSPS) is 60.9. The third-order valence-corrected chi connectivity index (χ3v) is 5.23. The molecule has 5 rings (SSSR count). The lowest BCUT2D eigenvalue weighted by Crippen LogP contribution is -2.40. The number of rotatable bonds is 0. The second-order valence-electron chi connectivity index (χ2n) is 5.45. The van der Waals surface area contributed by atoms with Crippen LogP contribution >= 0.6 is 12.4 Å². The molecule has 2 bridgehead atoms. The fourth-order valence-electron chi connectivity index (χ4n) is 4.75. The number of halogens is 1. The Labute approximate surface area is 86.1 Å². The van der Waals surface area contributed by atoms with Crippen molar-refractivity contribution in [3.8, 4) is 0 Å². The van der Waals surface area contributed by atoms with E-state index in [1.165, 1.54) is 24.9 Å². The minimum atomic E-state index is 0. The van der Waals surface area contributed by atoms with Crippen LogP contribution in [0.25, 0.3) is 0 Å². The Morgan fingerprint density at radius 3 is 1.77 bits per heavy atom. The SMILES string of the molecule is C1CC2C3CNCC3C1C1CC21.Cl. The lowest BCUT2D eigenvalue weighted by atomic mass is 9.60. The topological polar surface area (TPSA) is 12.0 Å². The molecule has 4 aliphatic carbocycles. The molecular formula is C11H18ClN. The zero-order valence-electron chi connectivity index (χ0n) is 7.91. The fourth-order valence-corrected chi connectivity index (χ4v) is 4.75. The van der Waals surface area contributed by atoms with Crippen molar-refractivity contribution in [2.45, 2.75) is 19.3 Å². The minimum absolute atomic E-state index is 0. The second-order valence-corrected chi connectivity index (χ2v) is 5.45. The number of fused-ring (bicyclic) bond motifs is 1. The van der Waals surface area contributed by atoms with E-state index in [4.69, 9.17) is 0 Å². The molecule has 2 heteroatoms. The van der Waals surface area contributed by atoms with Crippen LogP contribution in [0.4, 0.5) is 0 Å². The van der Waals surface area contributed by atoms with E-state index in [1.807, 2.05) is 0 Å². The van der Waals surface area contributed by atoms with E-state index < -0.39 is 0 Å². The van der Waals surface area contributed by atoms with Crippen molar-refractivity contribution in [3.63, 3.8) is 0 Å². The van der Waals surface area contributed by atoms with Crippen LogP contribution in [0.1, 0.15) is 19.3 Å². The Morgan fingerprint density at radius 2 is 1.23 bits per heavy atom. The van der Waals surface area contributed by atoms with E-state index in [2.05, 4.69) is 5.32 Å². The molecule has 1 saturated heterocycles. The number of hydrogen-bond donors (Lipinski definition) is 1. The molecule has 0 radical (unpaired) electrons. The highest BCUT2D eigenvalue weighted by atomic mass is 35.5. The maximum Gasteiger partial charge on any atom is -0.00144 e. The van der Waals surface area contributed by atoms with E-state index in [1.54, 1.807) is 19.3 Å². The number of nitrogens with one attached hydrogen (secondary N) is 1. The summed E-state index contributed by atoms with van der Waals surface area (Å²) in [6, 6.07) is 0. The summed E-state index contributed by atoms with van der Waals surface area (Å²) in [5.41, 5.74) is 0. The van der Waals surface area contributed by atoms with Gasteiger partial charge in [-0.15, -0.1) is 12.4 Å². The maximum atomic E-state index is 3.61. The van der Waals surface area contributed by atoms with Gasteiger partial charge in [0, 0.05) is 0 Å². The van der Waals surface area contributed by atoms with Gasteiger partial charge in [0.15, 0.2) is 0 Å². The summed E-state index contributed by atoms with van der Waals surface area (Å²) in [5.74, 6) is 6.91.